The Morgan fingerprint density at radius 1 is 1.07 bits per heavy atom. The molecule has 0 spiro atoms. The van der Waals surface area contributed by atoms with Crippen molar-refractivity contribution < 1.29 is 14.3 Å². The lowest BCUT2D eigenvalue weighted by atomic mass is 10.0. The lowest BCUT2D eigenvalue weighted by Gasteiger charge is -1.98. The van der Waals surface area contributed by atoms with Crippen LogP contribution in [0.2, 0.25) is 0 Å². The molecule has 0 amide bonds. The summed E-state index contributed by atoms with van der Waals surface area (Å²) in [4.78, 5) is 26.8. The summed E-state index contributed by atoms with van der Waals surface area (Å²) in [6.07, 6.45) is 1.64. The van der Waals surface area contributed by atoms with Gasteiger partial charge in [-0.2, -0.15) is 0 Å². The fourth-order valence-electron chi connectivity index (χ4n) is 1.73. The first-order valence-corrected chi connectivity index (χ1v) is 4.41. The molecule has 1 aliphatic heterocycles. The van der Waals surface area contributed by atoms with Gasteiger partial charge < -0.3 is 4.74 Å². The minimum absolute atomic E-state index is 0.320. The van der Waals surface area contributed by atoms with Crippen LogP contribution in [-0.2, 0) is 4.74 Å². The molecule has 1 aromatic carbocycles. The van der Waals surface area contributed by atoms with E-state index < -0.39 is 11.9 Å². The fraction of sp³-hybridized carbons (Fsp3) is 0. The molecule has 2 heterocycles. The molecule has 2 aromatic rings. The fourth-order valence-corrected chi connectivity index (χ4v) is 1.73. The first-order valence-electron chi connectivity index (χ1n) is 4.41. The maximum Gasteiger partial charge on any atom is 0.347 e. The van der Waals surface area contributed by atoms with Crippen molar-refractivity contribution in [2.45, 2.75) is 0 Å². The number of benzene rings is 1. The lowest BCUT2D eigenvalue weighted by Crippen LogP contribution is -1.97. The van der Waals surface area contributed by atoms with Crippen molar-refractivity contribution in [3.8, 4) is 0 Å². The van der Waals surface area contributed by atoms with E-state index in [2.05, 4.69) is 9.72 Å². The van der Waals surface area contributed by atoms with E-state index in [1.807, 2.05) is 0 Å². The van der Waals surface area contributed by atoms with Gasteiger partial charge in [0.05, 0.1) is 16.6 Å². The molecule has 15 heavy (non-hydrogen) atoms. The molecule has 1 aromatic heterocycles. The van der Waals surface area contributed by atoms with Gasteiger partial charge in [0.1, 0.15) is 0 Å². The van der Waals surface area contributed by atoms with Crippen molar-refractivity contribution in [1.29, 1.82) is 0 Å². The van der Waals surface area contributed by atoms with Crippen LogP contribution in [0.3, 0.4) is 0 Å². The summed E-state index contributed by atoms with van der Waals surface area (Å²) < 4.78 is 4.53. The average molecular weight is 199 g/mol. The van der Waals surface area contributed by atoms with Gasteiger partial charge in [0.25, 0.3) is 0 Å². The van der Waals surface area contributed by atoms with Crippen LogP contribution in [0.5, 0.6) is 0 Å². The maximum absolute atomic E-state index is 11.4. The summed E-state index contributed by atoms with van der Waals surface area (Å²) >= 11 is 0. The van der Waals surface area contributed by atoms with E-state index in [0.717, 1.165) is 0 Å². The highest BCUT2D eigenvalue weighted by molar-refractivity contribution is 6.20. The van der Waals surface area contributed by atoms with E-state index >= 15 is 0 Å². The number of cyclic esters (lactones) is 2. The van der Waals surface area contributed by atoms with Crippen LogP contribution in [-0.4, -0.2) is 16.9 Å². The van der Waals surface area contributed by atoms with Crippen LogP contribution in [0.15, 0.2) is 30.5 Å². The maximum atomic E-state index is 11.4. The largest absolute Gasteiger partial charge is 0.386 e. The minimum atomic E-state index is -0.589. The van der Waals surface area contributed by atoms with E-state index in [9.17, 15) is 9.59 Å². The Kier molecular flexibility index (Phi) is 1.42. The zero-order valence-corrected chi connectivity index (χ0v) is 7.56. The Balaban J connectivity index is 2.49. The van der Waals surface area contributed by atoms with Crippen LogP contribution >= 0.6 is 0 Å². The number of nitrogens with zero attached hydrogens (tertiary/aromatic N) is 1. The molecule has 0 saturated heterocycles. The van der Waals surface area contributed by atoms with Crippen LogP contribution in [0, 0.1) is 0 Å². The SMILES string of the molecule is O=C1OC(=O)c2c1ccc1ncccc21. The Hall–Kier alpha value is -2.23. The van der Waals surface area contributed by atoms with E-state index in [1.165, 1.54) is 0 Å². The molecule has 0 radical (unpaired) electrons. The monoisotopic (exact) mass is 199 g/mol. The van der Waals surface area contributed by atoms with Crippen LogP contribution in [0.25, 0.3) is 10.9 Å². The predicted molar refractivity (Wildman–Crippen MR) is 51.5 cm³/mol. The third kappa shape index (κ3) is 0.985. The summed E-state index contributed by atoms with van der Waals surface area (Å²) in [5.74, 6) is -1.17. The molecule has 72 valence electrons. The Labute approximate surface area is 84.5 Å². The normalized spacial score (nSPS) is 14.1. The van der Waals surface area contributed by atoms with Gasteiger partial charge in [-0.3, -0.25) is 4.98 Å². The van der Waals surface area contributed by atoms with Crippen LogP contribution < -0.4 is 0 Å². The summed E-state index contributed by atoms with van der Waals surface area (Å²) in [5.41, 5.74) is 1.33. The number of esters is 2. The number of carbonyl (C=O) groups is 2. The predicted octanol–water partition coefficient (Wildman–Crippen LogP) is 1.55. The minimum Gasteiger partial charge on any atom is -0.386 e. The summed E-state index contributed by atoms with van der Waals surface area (Å²) in [6, 6.07) is 6.74. The summed E-state index contributed by atoms with van der Waals surface area (Å²) in [6.45, 7) is 0. The topological polar surface area (TPSA) is 56.3 Å². The standard InChI is InChI=1S/C11H5NO3/c13-10-7-3-4-8-6(2-1-5-12-8)9(7)11(14)15-10/h1-5H. The zero-order chi connectivity index (χ0) is 10.4. The van der Waals surface area contributed by atoms with Gasteiger partial charge in [-0.05, 0) is 18.2 Å². The Morgan fingerprint density at radius 2 is 1.93 bits per heavy atom. The molecule has 0 N–H and O–H groups in total. The average Bonchev–Trinajstić information content (AvgIpc) is 2.55. The van der Waals surface area contributed by atoms with Crippen molar-refractivity contribution in [1.82, 2.24) is 4.98 Å². The molecular formula is C11H5NO3. The number of carbonyl (C=O) groups excluding carboxylic acids is 2. The van der Waals surface area contributed by atoms with E-state index in [4.69, 9.17) is 0 Å². The molecule has 0 aliphatic carbocycles. The lowest BCUT2D eigenvalue weighted by molar-refractivity contribution is 0.0444. The van der Waals surface area contributed by atoms with E-state index in [0.29, 0.717) is 22.0 Å². The highest BCUT2D eigenvalue weighted by atomic mass is 16.6. The summed E-state index contributed by atoms with van der Waals surface area (Å²) in [5, 5.41) is 0.658. The quantitative estimate of drug-likeness (QED) is 0.477. The van der Waals surface area contributed by atoms with Gasteiger partial charge in [0, 0.05) is 11.6 Å². The number of rotatable bonds is 0. The van der Waals surface area contributed by atoms with Gasteiger partial charge in [-0.25, -0.2) is 9.59 Å². The van der Waals surface area contributed by atoms with E-state index in [1.54, 1.807) is 30.5 Å². The Bertz CT molecular complexity index is 604. The molecular weight excluding hydrogens is 194 g/mol. The third-order valence-electron chi connectivity index (χ3n) is 2.39. The number of fused-ring (bicyclic) bond motifs is 3. The number of hydrogen-bond donors (Lipinski definition) is 0. The van der Waals surface area contributed by atoms with Crippen molar-refractivity contribution in [2.75, 3.05) is 0 Å². The zero-order valence-electron chi connectivity index (χ0n) is 7.56. The number of ether oxygens (including phenoxy) is 1. The number of hydrogen-bond acceptors (Lipinski definition) is 4. The van der Waals surface area contributed by atoms with Crippen molar-refractivity contribution in [3.63, 3.8) is 0 Å². The molecule has 0 bridgehead atoms. The number of aromatic nitrogens is 1. The first-order chi connectivity index (χ1) is 7.27. The van der Waals surface area contributed by atoms with Gasteiger partial charge >= 0.3 is 11.9 Å². The van der Waals surface area contributed by atoms with Crippen LogP contribution in [0.4, 0.5) is 0 Å². The summed E-state index contributed by atoms with van der Waals surface area (Å²) in [7, 11) is 0. The smallest absolute Gasteiger partial charge is 0.347 e. The highest BCUT2D eigenvalue weighted by Gasteiger charge is 2.31. The molecule has 4 heteroatoms. The van der Waals surface area contributed by atoms with Crippen molar-refractivity contribution in [2.24, 2.45) is 0 Å². The van der Waals surface area contributed by atoms with Gasteiger partial charge in [-0.15, -0.1) is 0 Å². The third-order valence-corrected chi connectivity index (χ3v) is 2.39. The van der Waals surface area contributed by atoms with E-state index in [-0.39, 0.29) is 0 Å². The van der Waals surface area contributed by atoms with Gasteiger partial charge in [0.2, 0.25) is 0 Å². The van der Waals surface area contributed by atoms with Crippen molar-refractivity contribution in [3.05, 3.63) is 41.6 Å². The molecule has 1 aliphatic rings. The second kappa shape index (κ2) is 2.63. The highest BCUT2D eigenvalue weighted by Crippen LogP contribution is 2.27. The van der Waals surface area contributed by atoms with Crippen LogP contribution in [0.1, 0.15) is 20.7 Å². The van der Waals surface area contributed by atoms with Gasteiger partial charge in [-0.1, -0.05) is 6.07 Å². The molecule has 4 nitrogen and oxygen atoms in total. The first kappa shape index (κ1) is 8.11. The molecule has 3 rings (SSSR count). The second-order valence-electron chi connectivity index (χ2n) is 3.24. The molecule has 0 saturated carbocycles. The molecule has 0 unspecified atom stereocenters. The van der Waals surface area contributed by atoms with Gasteiger partial charge in [0.15, 0.2) is 0 Å². The van der Waals surface area contributed by atoms with Crippen molar-refractivity contribution >= 4 is 22.8 Å². The second-order valence-corrected chi connectivity index (χ2v) is 3.24. The Morgan fingerprint density at radius 3 is 2.80 bits per heavy atom. The molecule has 0 atom stereocenters. The molecule has 0 fully saturated rings. The number of pyridine rings is 1.